The van der Waals surface area contributed by atoms with Gasteiger partial charge in [0.25, 0.3) is 0 Å². The van der Waals surface area contributed by atoms with Crippen molar-refractivity contribution in [2.45, 2.75) is 13.5 Å². The van der Waals surface area contributed by atoms with Crippen LogP contribution in [-0.4, -0.2) is 9.97 Å². The molecule has 5 nitrogen and oxygen atoms in total. The molecular weight excluding hydrogens is 228 g/mol. The summed E-state index contributed by atoms with van der Waals surface area (Å²) in [6.07, 6.45) is 0. The molecule has 0 spiro atoms. The van der Waals surface area contributed by atoms with Gasteiger partial charge in [0.05, 0.1) is 0 Å². The summed E-state index contributed by atoms with van der Waals surface area (Å²) in [6, 6.07) is 11.1. The number of nitrogens with zero attached hydrogens (tertiary/aromatic N) is 3. The SMILES string of the molecule is Cc1cc(C#N)nc(OCc2ccc(N)cc2)n1. The number of hydrogen-bond acceptors (Lipinski definition) is 5. The Morgan fingerprint density at radius 2 is 2.00 bits per heavy atom. The number of anilines is 1. The van der Waals surface area contributed by atoms with Crippen LogP contribution in [0.3, 0.4) is 0 Å². The molecule has 1 heterocycles. The van der Waals surface area contributed by atoms with Crippen LogP contribution in [0.4, 0.5) is 5.69 Å². The quantitative estimate of drug-likeness (QED) is 0.827. The minimum Gasteiger partial charge on any atom is -0.459 e. The summed E-state index contributed by atoms with van der Waals surface area (Å²) in [5.41, 5.74) is 8.26. The molecule has 0 aliphatic heterocycles. The van der Waals surface area contributed by atoms with Gasteiger partial charge in [-0.2, -0.15) is 10.2 Å². The highest BCUT2D eigenvalue weighted by Crippen LogP contribution is 2.10. The van der Waals surface area contributed by atoms with E-state index in [4.69, 9.17) is 15.7 Å². The number of ether oxygens (including phenoxy) is 1. The Kier molecular flexibility index (Phi) is 3.39. The molecule has 0 radical (unpaired) electrons. The van der Waals surface area contributed by atoms with Crippen molar-refractivity contribution < 1.29 is 4.74 Å². The lowest BCUT2D eigenvalue weighted by Gasteiger charge is -2.05. The maximum atomic E-state index is 8.79. The Labute approximate surface area is 105 Å². The van der Waals surface area contributed by atoms with E-state index in [1.165, 1.54) is 0 Å². The topological polar surface area (TPSA) is 84.8 Å². The molecule has 5 heteroatoms. The lowest BCUT2D eigenvalue weighted by Crippen LogP contribution is -2.02. The first kappa shape index (κ1) is 11.9. The van der Waals surface area contributed by atoms with Crippen molar-refractivity contribution in [1.29, 1.82) is 5.26 Å². The number of nitrogens with two attached hydrogens (primary N) is 1. The van der Waals surface area contributed by atoms with Gasteiger partial charge >= 0.3 is 6.01 Å². The smallest absolute Gasteiger partial charge is 0.318 e. The normalized spacial score (nSPS) is 9.78. The molecule has 1 aromatic carbocycles. The van der Waals surface area contributed by atoms with Gasteiger partial charge in [0, 0.05) is 11.4 Å². The summed E-state index contributed by atoms with van der Waals surface area (Å²) in [5.74, 6) is 0. The van der Waals surface area contributed by atoms with Gasteiger partial charge in [0.2, 0.25) is 0 Å². The zero-order valence-electron chi connectivity index (χ0n) is 9.92. The predicted octanol–water partition coefficient (Wildman–Crippen LogP) is 1.82. The molecule has 0 bridgehead atoms. The molecule has 0 aliphatic rings. The lowest BCUT2D eigenvalue weighted by molar-refractivity contribution is 0.279. The first-order chi connectivity index (χ1) is 8.67. The molecule has 18 heavy (non-hydrogen) atoms. The number of nitriles is 1. The van der Waals surface area contributed by atoms with Crippen molar-refractivity contribution in [1.82, 2.24) is 9.97 Å². The van der Waals surface area contributed by atoms with Gasteiger partial charge < -0.3 is 10.5 Å². The second-order valence-electron chi connectivity index (χ2n) is 3.82. The number of aromatic nitrogens is 2. The van der Waals surface area contributed by atoms with Crippen LogP contribution in [0.15, 0.2) is 30.3 Å². The first-order valence-corrected chi connectivity index (χ1v) is 5.40. The van der Waals surface area contributed by atoms with Crippen LogP contribution in [0, 0.1) is 18.3 Å². The van der Waals surface area contributed by atoms with Crippen LogP contribution in [0.2, 0.25) is 0 Å². The summed E-state index contributed by atoms with van der Waals surface area (Å²) in [4.78, 5) is 8.07. The molecule has 2 aromatic rings. The fraction of sp³-hybridized carbons (Fsp3) is 0.154. The van der Waals surface area contributed by atoms with Crippen LogP contribution >= 0.6 is 0 Å². The molecule has 0 saturated heterocycles. The summed E-state index contributed by atoms with van der Waals surface area (Å²) < 4.78 is 5.44. The summed E-state index contributed by atoms with van der Waals surface area (Å²) in [5, 5.41) is 8.79. The molecule has 1 aromatic heterocycles. The third-order valence-electron chi connectivity index (χ3n) is 2.30. The molecule has 0 saturated carbocycles. The molecule has 90 valence electrons. The molecule has 2 N–H and O–H groups in total. The molecule has 0 fully saturated rings. The number of rotatable bonds is 3. The molecule has 0 aliphatic carbocycles. The minimum atomic E-state index is 0.211. The predicted molar refractivity (Wildman–Crippen MR) is 66.7 cm³/mol. The third-order valence-corrected chi connectivity index (χ3v) is 2.30. The van der Waals surface area contributed by atoms with Gasteiger partial charge in [-0.3, -0.25) is 0 Å². The maximum Gasteiger partial charge on any atom is 0.318 e. The van der Waals surface area contributed by atoms with Crippen molar-refractivity contribution in [3.05, 3.63) is 47.3 Å². The second kappa shape index (κ2) is 5.15. The molecular formula is C13H12N4O. The van der Waals surface area contributed by atoms with Crippen molar-refractivity contribution in [2.75, 3.05) is 5.73 Å². The van der Waals surface area contributed by atoms with Crippen molar-refractivity contribution in [3.63, 3.8) is 0 Å². The molecule has 0 atom stereocenters. The fourth-order valence-electron chi connectivity index (χ4n) is 1.42. The van der Waals surface area contributed by atoms with E-state index in [0.29, 0.717) is 23.7 Å². The minimum absolute atomic E-state index is 0.211. The summed E-state index contributed by atoms with van der Waals surface area (Å²) in [6.45, 7) is 2.13. The lowest BCUT2D eigenvalue weighted by atomic mass is 10.2. The van der Waals surface area contributed by atoms with Gasteiger partial charge in [-0.05, 0) is 30.7 Å². The van der Waals surface area contributed by atoms with Crippen LogP contribution in [0.25, 0.3) is 0 Å². The van der Waals surface area contributed by atoms with E-state index in [2.05, 4.69) is 9.97 Å². The second-order valence-corrected chi connectivity index (χ2v) is 3.82. The zero-order valence-corrected chi connectivity index (χ0v) is 9.92. The van der Waals surface area contributed by atoms with Gasteiger partial charge in [0.1, 0.15) is 18.4 Å². The van der Waals surface area contributed by atoms with E-state index in [1.54, 1.807) is 25.1 Å². The van der Waals surface area contributed by atoms with Crippen molar-refractivity contribution in [2.24, 2.45) is 0 Å². The largest absolute Gasteiger partial charge is 0.459 e. The zero-order chi connectivity index (χ0) is 13.0. The summed E-state index contributed by atoms with van der Waals surface area (Å²) in [7, 11) is 0. The van der Waals surface area contributed by atoms with Gasteiger partial charge in [0.15, 0.2) is 0 Å². The highest BCUT2D eigenvalue weighted by atomic mass is 16.5. The highest BCUT2D eigenvalue weighted by Gasteiger charge is 2.03. The number of nitrogen functional groups attached to an aromatic ring is 1. The third kappa shape index (κ3) is 2.95. The number of benzene rings is 1. The van der Waals surface area contributed by atoms with Crippen LogP contribution in [0.5, 0.6) is 6.01 Å². The molecule has 0 unspecified atom stereocenters. The van der Waals surface area contributed by atoms with Crippen molar-refractivity contribution >= 4 is 5.69 Å². The van der Waals surface area contributed by atoms with E-state index >= 15 is 0 Å². The van der Waals surface area contributed by atoms with E-state index in [0.717, 1.165) is 5.56 Å². The Balaban J connectivity index is 2.08. The van der Waals surface area contributed by atoms with E-state index in [1.807, 2.05) is 18.2 Å². The monoisotopic (exact) mass is 240 g/mol. The van der Waals surface area contributed by atoms with Crippen LogP contribution in [0.1, 0.15) is 17.0 Å². The first-order valence-electron chi connectivity index (χ1n) is 5.40. The Morgan fingerprint density at radius 1 is 1.28 bits per heavy atom. The average molecular weight is 240 g/mol. The van der Waals surface area contributed by atoms with Gasteiger partial charge in [-0.1, -0.05) is 12.1 Å². The van der Waals surface area contributed by atoms with E-state index < -0.39 is 0 Å². The Bertz CT molecular complexity index is 587. The molecule has 2 rings (SSSR count). The van der Waals surface area contributed by atoms with E-state index in [-0.39, 0.29) is 6.01 Å². The fourth-order valence-corrected chi connectivity index (χ4v) is 1.42. The van der Waals surface area contributed by atoms with Gasteiger partial charge in [-0.15, -0.1) is 0 Å². The number of hydrogen-bond donors (Lipinski definition) is 1. The maximum absolute atomic E-state index is 8.79. The highest BCUT2D eigenvalue weighted by molar-refractivity contribution is 5.39. The Hall–Kier alpha value is -2.61. The van der Waals surface area contributed by atoms with Crippen molar-refractivity contribution in [3.8, 4) is 12.1 Å². The summed E-state index contributed by atoms with van der Waals surface area (Å²) >= 11 is 0. The molecule has 0 amide bonds. The van der Waals surface area contributed by atoms with Gasteiger partial charge in [-0.25, -0.2) is 4.98 Å². The average Bonchev–Trinajstić information content (AvgIpc) is 2.37. The Morgan fingerprint density at radius 3 is 2.67 bits per heavy atom. The van der Waals surface area contributed by atoms with E-state index in [9.17, 15) is 0 Å². The van der Waals surface area contributed by atoms with Crippen LogP contribution < -0.4 is 10.5 Å². The van der Waals surface area contributed by atoms with Crippen LogP contribution in [-0.2, 0) is 6.61 Å². The number of aryl methyl sites for hydroxylation is 1. The standard InChI is InChI=1S/C13H12N4O/c1-9-6-12(7-14)17-13(16-9)18-8-10-2-4-11(15)5-3-10/h2-6H,8,15H2,1H3.